The molecule has 1 unspecified atom stereocenters. The van der Waals surface area contributed by atoms with Crippen molar-refractivity contribution in [2.75, 3.05) is 19.0 Å². The molecule has 3 amide bonds. The van der Waals surface area contributed by atoms with E-state index in [4.69, 9.17) is 21.1 Å². The molecule has 3 atom stereocenters. The maximum absolute atomic E-state index is 14.3. The third kappa shape index (κ3) is 10.7. The van der Waals surface area contributed by atoms with Crippen LogP contribution in [0, 0.1) is 5.92 Å². The van der Waals surface area contributed by atoms with E-state index in [1.54, 1.807) is 51.1 Å². The molecule has 2 aromatic carbocycles. The van der Waals surface area contributed by atoms with Crippen LogP contribution in [0.4, 0.5) is 23.7 Å². The van der Waals surface area contributed by atoms with Crippen LogP contribution in [0.1, 0.15) is 76.8 Å². The first-order chi connectivity index (χ1) is 22.6. The Hall–Kier alpha value is -3.51. The topological polar surface area (TPSA) is 109 Å². The molecule has 3 N–H and O–H groups in total. The normalized spacial score (nSPS) is 18.9. The molecule has 1 aliphatic carbocycles. The van der Waals surface area contributed by atoms with E-state index < -0.39 is 47.8 Å². The van der Waals surface area contributed by atoms with E-state index in [0.717, 1.165) is 32.1 Å². The summed E-state index contributed by atoms with van der Waals surface area (Å²) in [6, 6.07) is 7.45. The van der Waals surface area contributed by atoms with Crippen molar-refractivity contribution in [1.29, 1.82) is 0 Å². The van der Waals surface area contributed by atoms with E-state index in [1.807, 2.05) is 4.90 Å². The molecule has 0 aromatic heterocycles. The summed E-state index contributed by atoms with van der Waals surface area (Å²) < 4.78 is 53.3. The summed E-state index contributed by atoms with van der Waals surface area (Å²) in [5.74, 6) is -0.715. The zero-order chi connectivity index (χ0) is 35.1. The van der Waals surface area contributed by atoms with Crippen LogP contribution >= 0.6 is 11.6 Å². The van der Waals surface area contributed by atoms with Crippen LogP contribution < -0.4 is 20.7 Å². The lowest BCUT2D eigenvalue weighted by Gasteiger charge is -2.31. The Balaban J connectivity index is 1.47. The molecule has 4 rings (SSSR count). The molecular formula is C35H46ClF3N4O5. The lowest BCUT2D eigenvalue weighted by molar-refractivity contribution is -0.142. The minimum atomic E-state index is -4.56. The molecule has 1 aliphatic heterocycles. The molecule has 0 bridgehead atoms. The SMILES string of the molecule is COc1ccc(NC(Cc2ccc(Cl)cc2CN2CCC[C@H]2C(=O)NC(=O)[C@H](NC(=O)OC(C)(C)C)C2CCCCC2)C(F)(F)F)cc1. The summed E-state index contributed by atoms with van der Waals surface area (Å²) in [6.45, 7) is 5.86. The van der Waals surface area contributed by atoms with E-state index in [1.165, 1.54) is 19.2 Å². The van der Waals surface area contributed by atoms with E-state index in [0.29, 0.717) is 47.0 Å². The molecular weight excluding hydrogens is 649 g/mol. The van der Waals surface area contributed by atoms with Gasteiger partial charge < -0.3 is 20.1 Å². The Bertz CT molecular complexity index is 1410. The molecule has 2 fully saturated rings. The third-order valence-electron chi connectivity index (χ3n) is 8.78. The number of rotatable bonds is 11. The van der Waals surface area contributed by atoms with Gasteiger partial charge in [0.05, 0.1) is 13.2 Å². The first-order valence-corrected chi connectivity index (χ1v) is 16.8. The molecule has 0 radical (unpaired) electrons. The number of alkyl carbamates (subject to hydrolysis) is 1. The molecule has 13 heteroatoms. The summed E-state index contributed by atoms with van der Waals surface area (Å²) in [5.41, 5.74) is 0.528. The van der Waals surface area contributed by atoms with Crippen molar-refractivity contribution in [1.82, 2.24) is 15.5 Å². The zero-order valence-electron chi connectivity index (χ0n) is 27.9. The van der Waals surface area contributed by atoms with Gasteiger partial charge in [-0.1, -0.05) is 36.9 Å². The molecule has 2 aromatic rings. The molecule has 1 heterocycles. The van der Waals surface area contributed by atoms with Crippen LogP contribution in [0.25, 0.3) is 0 Å². The van der Waals surface area contributed by atoms with Crippen LogP contribution in [0.5, 0.6) is 5.75 Å². The fraction of sp³-hybridized carbons (Fsp3) is 0.571. The highest BCUT2D eigenvalue weighted by molar-refractivity contribution is 6.30. The number of likely N-dealkylation sites (tertiary alicyclic amines) is 1. The Morgan fingerprint density at radius 3 is 2.27 bits per heavy atom. The maximum atomic E-state index is 14.3. The first-order valence-electron chi connectivity index (χ1n) is 16.5. The average Bonchev–Trinajstić information content (AvgIpc) is 3.48. The quantitative estimate of drug-likeness (QED) is 0.232. The number of hydrogen-bond donors (Lipinski definition) is 3. The summed E-state index contributed by atoms with van der Waals surface area (Å²) in [5, 5.41) is 8.19. The van der Waals surface area contributed by atoms with Crippen LogP contribution in [-0.4, -0.2) is 66.4 Å². The molecule has 1 saturated heterocycles. The highest BCUT2D eigenvalue weighted by Crippen LogP contribution is 2.31. The van der Waals surface area contributed by atoms with E-state index in [2.05, 4.69) is 16.0 Å². The monoisotopic (exact) mass is 694 g/mol. The Morgan fingerprint density at radius 2 is 1.65 bits per heavy atom. The molecule has 2 aliphatic rings. The van der Waals surface area contributed by atoms with Crippen LogP contribution in [0.15, 0.2) is 42.5 Å². The number of amides is 3. The Labute approximate surface area is 285 Å². The molecule has 264 valence electrons. The van der Waals surface area contributed by atoms with Gasteiger partial charge in [0.25, 0.3) is 0 Å². The summed E-state index contributed by atoms with van der Waals surface area (Å²) in [4.78, 5) is 41.6. The van der Waals surface area contributed by atoms with Crippen molar-refractivity contribution in [2.45, 2.75) is 109 Å². The second-order valence-electron chi connectivity index (χ2n) is 13.6. The van der Waals surface area contributed by atoms with Gasteiger partial charge in [0, 0.05) is 23.7 Å². The number of carbonyl (C=O) groups is 3. The summed E-state index contributed by atoms with van der Waals surface area (Å²) >= 11 is 6.31. The number of imide groups is 1. The molecule has 48 heavy (non-hydrogen) atoms. The number of benzene rings is 2. The second-order valence-corrected chi connectivity index (χ2v) is 14.0. The van der Waals surface area contributed by atoms with Crippen LogP contribution in [0.3, 0.4) is 0 Å². The number of nitrogens with one attached hydrogen (secondary N) is 3. The number of nitrogens with zero attached hydrogens (tertiary/aromatic N) is 1. The number of halogens is 4. The largest absolute Gasteiger partial charge is 0.497 e. The predicted molar refractivity (Wildman–Crippen MR) is 178 cm³/mol. The van der Waals surface area contributed by atoms with Gasteiger partial charge in [0.2, 0.25) is 11.8 Å². The van der Waals surface area contributed by atoms with Crippen molar-refractivity contribution in [3.05, 3.63) is 58.6 Å². The number of methoxy groups -OCH3 is 1. The minimum absolute atomic E-state index is 0.138. The zero-order valence-corrected chi connectivity index (χ0v) is 28.7. The predicted octanol–water partition coefficient (Wildman–Crippen LogP) is 7.01. The van der Waals surface area contributed by atoms with Crippen molar-refractivity contribution < 1.29 is 37.0 Å². The number of carbonyl (C=O) groups excluding carboxylic acids is 3. The lowest BCUT2D eigenvalue weighted by atomic mass is 9.83. The summed E-state index contributed by atoms with van der Waals surface area (Å²) in [7, 11) is 1.48. The van der Waals surface area contributed by atoms with Gasteiger partial charge in [-0.2, -0.15) is 13.2 Å². The fourth-order valence-corrected chi connectivity index (χ4v) is 6.61. The van der Waals surface area contributed by atoms with Crippen molar-refractivity contribution in [3.8, 4) is 5.75 Å². The first kappa shape index (κ1) is 37.3. The van der Waals surface area contributed by atoms with Crippen LogP contribution in [-0.2, 0) is 27.3 Å². The number of hydrogen-bond acceptors (Lipinski definition) is 7. The van der Waals surface area contributed by atoms with Gasteiger partial charge in [-0.3, -0.25) is 19.8 Å². The second kappa shape index (κ2) is 16.3. The van der Waals surface area contributed by atoms with E-state index in [-0.39, 0.29) is 18.9 Å². The highest BCUT2D eigenvalue weighted by atomic mass is 35.5. The van der Waals surface area contributed by atoms with Crippen molar-refractivity contribution in [2.24, 2.45) is 5.92 Å². The average molecular weight is 695 g/mol. The van der Waals surface area contributed by atoms with E-state index >= 15 is 0 Å². The van der Waals surface area contributed by atoms with Gasteiger partial charge in [-0.05, 0) is 106 Å². The number of anilines is 1. The summed E-state index contributed by atoms with van der Waals surface area (Å²) in [6.07, 6.45) is -0.178. The minimum Gasteiger partial charge on any atom is -0.497 e. The fourth-order valence-electron chi connectivity index (χ4n) is 6.41. The Morgan fingerprint density at radius 1 is 0.958 bits per heavy atom. The highest BCUT2D eigenvalue weighted by Gasteiger charge is 2.41. The van der Waals surface area contributed by atoms with Gasteiger partial charge >= 0.3 is 12.3 Å². The Kier molecular flexibility index (Phi) is 12.6. The van der Waals surface area contributed by atoms with Crippen molar-refractivity contribution >= 4 is 35.2 Å². The molecule has 0 spiro atoms. The molecule has 1 saturated carbocycles. The van der Waals surface area contributed by atoms with Crippen LogP contribution in [0.2, 0.25) is 5.02 Å². The van der Waals surface area contributed by atoms with Crippen molar-refractivity contribution in [3.63, 3.8) is 0 Å². The molecule has 9 nitrogen and oxygen atoms in total. The van der Waals surface area contributed by atoms with Gasteiger partial charge in [-0.15, -0.1) is 0 Å². The number of alkyl halides is 3. The van der Waals surface area contributed by atoms with Gasteiger partial charge in [0.1, 0.15) is 23.4 Å². The van der Waals surface area contributed by atoms with Gasteiger partial charge in [0.15, 0.2) is 0 Å². The maximum Gasteiger partial charge on any atom is 0.408 e. The number of ether oxygens (including phenoxy) is 2. The van der Waals surface area contributed by atoms with E-state index in [9.17, 15) is 27.6 Å². The standard InChI is InChI=1S/C35H46ClF3N4O5/c1-34(2,3)48-33(46)41-30(22-9-6-5-7-10-22)32(45)42-31(44)28-11-8-18-43(28)21-24-19-25(36)13-12-23(24)20-29(35(37,38)39)40-26-14-16-27(47-4)17-15-26/h12-17,19,22,28-30,40H,5-11,18,20-21H2,1-4H3,(H,41,46)(H,42,44,45)/t28-,29?,30+/m0/s1. The lowest BCUT2D eigenvalue weighted by Crippen LogP contribution is -2.55. The third-order valence-corrected chi connectivity index (χ3v) is 9.02. The van der Waals surface area contributed by atoms with Gasteiger partial charge in [-0.25, -0.2) is 4.79 Å². The smallest absolute Gasteiger partial charge is 0.408 e.